The zero-order chi connectivity index (χ0) is 18.1. The van der Waals surface area contributed by atoms with E-state index in [2.05, 4.69) is 62.3 Å². The highest BCUT2D eigenvalue weighted by Crippen LogP contribution is 2.41. The lowest BCUT2D eigenvalue weighted by Gasteiger charge is -2.41. The summed E-state index contributed by atoms with van der Waals surface area (Å²) in [5, 5.41) is 0. The van der Waals surface area contributed by atoms with Crippen LogP contribution >= 0.6 is 0 Å². The minimum Gasteiger partial charge on any atom is -0.379 e. The topological polar surface area (TPSA) is 18.5 Å². The van der Waals surface area contributed by atoms with Crippen molar-refractivity contribution in [2.24, 2.45) is 22.2 Å². The Kier molecular flexibility index (Phi) is 10.00. The summed E-state index contributed by atoms with van der Waals surface area (Å²) in [6.45, 7) is 24.1. The number of rotatable bonds is 10. The van der Waals surface area contributed by atoms with Gasteiger partial charge in [-0.3, -0.25) is 0 Å². The van der Waals surface area contributed by atoms with Crippen LogP contribution in [-0.4, -0.2) is 26.4 Å². The average Bonchev–Trinajstić information content (AvgIpc) is 2.31. The van der Waals surface area contributed by atoms with Gasteiger partial charge in [0.15, 0.2) is 0 Å². The van der Waals surface area contributed by atoms with Gasteiger partial charge in [-0.25, -0.2) is 0 Å². The van der Waals surface area contributed by atoms with E-state index in [9.17, 15) is 0 Å². The Morgan fingerprint density at radius 3 is 1.52 bits per heavy atom. The number of hydrogen-bond acceptors (Lipinski definition) is 2. The van der Waals surface area contributed by atoms with Crippen molar-refractivity contribution in [1.29, 1.82) is 0 Å². The Morgan fingerprint density at radius 2 is 1.09 bits per heavy atom. The zero-order valence-corrected chi connectivity index (χ0v) is 17.6. The molecule has 0 amide bonds. The maximum Gasteiger partial charge on any atom is 0.0700 e. The molecular formula is C21H44O2. The summed E-state index contributed by atoms with van der Waals surface area (Å²) in [6.07, 6.45) is 4.81. The molecule has 0 bridgehead atoms. The Morgan fingerprint density at radius 1 is 0.609 bits per heavy atom. The van der Waals surface area contributed by atoms with E-state index in [0.29, 0.717) is 22.2 Å². The minimum absolute atomic E-state index is 0.325. The third kappa shape index (κ3) is 12.9. The van der Waals surface area contributed by atoms with Crippen molar-refractivity contribution in [2.45, 2.75) is 88.0 Å². The molecule has 23 heavy (non-hydrogen) atoms. The van der Waals surface area contributed by atoms with Gasteiger partial charge in [0.1, 0.15) is 0 Å². The molecule has 0 unspecified atom stereocenters. The molecule has 0 fully saturated rings. The van der Waals surface area contributed by atoms with Crippen LogP contribution in [0.1, 0.15) is 88.0 Å². The molecule has 140 valence electrons. The second-order valence-corrected chi connectivity index (χ2v) is 10.3. The van der Waals surface area contributed by atoms with Gasteiger partial charge in [-0.2, -0.15) is 0 Å². The highest BCUT2D eigenvalue weighted by molar-refractivity contribution is 4.83. The molecule has 0 spiro atoms. The quantitative estimate of drug-likeness (QED) is 0.436. The van der Waals surface area contributed by atoms with Crippen LogP contribution in [0.15, 0.2) is 0 Å². The first-order chi connectivity index (χ1) is 10.3. The van der Waals surface area contributed by atoms with Gasteiger partial charge in [0.25, 0.3) is 0 Å². The van der Waals surface area contributed by atoms with Crippen molar-refractivity contribution in [1.82, 2.24) is 0 Å². The summed E-state index contributed by atoms with van der Waals surface area (Å²) in [5.41, 5.74) is 1.09. The molecule has 2 nitrogen and oxygen atoms in total. The Labute approximate surface area is 146 Å². The lowest BCUT2D eigenvalue weighted by molar-refractivity contribution is 0.0166. The molecular weight excluding hydrogens is 284 g/mol. The average molecular weight is 329 g/mol. The van der Waals surface area contributed by atoms with Crippen LogP contribution in [0.25, 0.3) is 0 Å². The Balaban J connectivity index is 3.65. The van der Waals surface area contributed by atoms with Crippen LogP contribution < -0.4 is 0 Å². The third-order valence-electron chi connectivity index (χ3n) is 4.48. The maximum atomic E-state index is 5.79. The monoisotopic (exact) mass is 328 g/mol. The third-order valence-corrected chi connectivity index (χ3v) is 4.48. The molecule has 2 heteroatoms. The van der Waals surface area contributed by atoms with Crippen molar-refractivity contribution in [3.8, 4) is 0 Å². The molecule has 0 radical (unpaired) electrons. The lowest BCUT2D eigenvalue weighted by Crippen LogP contribution is -2.33. The first-order valence-corrected chi connectivity index (χ1v) is 9.49. The molecule has 0 saturated heterocycles. The minimum atomic E-state index is 0.325. The van der Waals surface area contributed by atoms with Gasteiger partial charge in [-0.1, -0.05) is 68.7 Å². The smallest absolute Gasteiger partial charge is 0.0700 e. The van der Waals surface area contributed by atoms with Gasteiger partial charge in [-0.05, 0) is 41.4 Å². The van der Waals surface area contributed by atoms with Crippen LogP contribution in [0.4, 0.5) is 0 Å². The second-order valence-electron chi connectivity index (χ2n) is 10.3. The van der Waals surface area contributed by atoms with Crippen LogP contribution in [0.3, 0.4) is 0 Å². The molecule has 0 N–H and O–H groups in total. The highest BCUT2D eigenvalue weighted by Gasteiger charge is 2.34. The fourth-order valence-corrected chi connectivity index (χ4v) is 3.55. The molecule has 0 aliphatic rings. The highest BCUT2D eigenvalue weighted by atomic mass is 16.5. The van der Waals surface area contributed by atoms with Crippen LogP contribution in [0.2, 0.25) is 0 Å². The van der Waals surface area contributed by atoms with Gasteiger partial charge in [0.2, 0.25) is 0 Å². The zero-order valence-electron chi connectivity index (χ0n) is 17.6. The fraction of sp³-hybridized carbons (Fsp3) is 1.00. The van der Waals surface area contributed by atoms with E-state index in [1.54, 1.807) is 0 Å². The molecule has 0 heterocycles. The van der Waals surface area contributed by atoms with Gasteiger partial charge in [0, 0.05) is 13.2 Å². The van der Waals surface area contributed by atoms with E-state index >= 15 is 0 Å². The van der Waals surface area contributed by atoms with Crippen molar-refractivity contribution in [3.05, 3.63) is 0 Å². The van der Waals surface area contributed by atoms with Crippen LogP contribution in [-0.2, 0) is 9.47 Å². The first-order valence-electron chi connectivity index (χ1n) is 9.49. The molecule has 0 atom stereocenters. The second kappa shape index (κ2) is 10.0. The summed E-state index contributed by atoms with van der Waals surface area (Å²) in [7, 11) is 0. The predicted octanol–water partition coefficient (Wildman–Crippen LogP) is 6.33. The normalized spacial score (nSPS) is 13.8. The molecule has 0 aliphatic heterocycles. The van der Waals surface area contributed by atoms with Crippen molar-refractivity contribution in [2.75, 3.05) is 26.4 Å². The molecule has 0 aromatic carbocycles. The summed E-state index contributed by atoms with van der Waals surface area (Å²) >= 11 is 0. The number of hydrogen-bond donors (Lipinski definition) is 0. The standard InChI is InChI=1S/C21H44O2/c1-19(2,3)13-10-11-14-22-16-17-23-15-12-18(20(4,5)6)21(7,8)9/h18H,10-17H2,1-9H3. The fourth-order valence-electron chi connectivity index (χ4n) is 3.55. The largest absolute Gasteiger partial charge is 0.379 e. The van der Waals surface area contributed by atoms with Crippen molar-refractivity contribution in [3.63, 3.8) is 0 Å². The Hall–Kier alpha value is -0.0800. The summed E-state index contributed by atoms with van der Waals surface area (Å²) in [4.78, 5) is 0. The Bertz CT molecular complexity index is 274. The number of ether oxygens (including phenoxy) is 2. The molecule has 0 aromatic heterocycles. The van der Waals surface area contributed by atoms with Gasteiger partial charge >= 0.3 is 0 Å². The lowest BCUT2D eigenvalue weighted by atomic mass is 9.65. The molecule has 0 aliphatic carbocycles. The van der Waals surface area contributed by atoms with Crippen molar-refractivity contribution < 1.29 is 9.47 Å². The van der Waals surface area contributed by atoms with Gasteiger partial charge in [-0.15, -0.1) is 0 Å². The van der Waals surface area contributed by atoms with Gasteiger partial charge in [0.05, 0.1) is 13.2 Å². The number of unbranched alkanes of at least 4 members (excludes halogenated alkanes) is 1. The summed E-state index contributed by atoms with van der Waals surface area (Å²) in [6, 6.07) is 0. The van der Waals surface area contributed by atoms with E-state index in [1.165, 1.54) is 12.8 Å². The van der Waals surface area contributed by atoms with E-state index in [-0.39, 0.29) is 0 Å². The van der Waals surface area contributed by atoms with Crippen molar-refractivity contribution >= 4 is 0 Å². The van der Waals surface area contributed by atoms with E-state index in [4.69, 9.17) is 9.47 Å². The van der Waals surface area contributed by atoms with E-state index < -0.39 is 0 Å². The maximum absolute atomic E-state index is 5.79. The van der Waals surface area contributed by atoms with Crippen LogP contribution in [0, 0.1) is 22.2 Å². The summed E-state index contributed by atoms with van der Waals surface area (Å²) < 4.78 is 11.5. The molecule has 0 saturated carbocycles. The van der Waals surface area contributed by atoms with E-state index in [0.717, 1.165) is 39.3 Å². The van der Waals surface area contributed by atoms with E-state index in [1.807, 2.05) is 0 Å². The first kappa shape index (κ1) is 22.9. The molecule has 0 rings (SSSR count). The molecule has 0 aromatic rings. The summed E-state index contributed by atoms with van der Waals surface area (Å²) in [5.74, 6) is 0.660. The van der Waals surface area contributed by atoms with Gasteiger partial charge < -0.3 is 9.47 Å². The van der Waals surface area contributed by atoms with Crippen LogP contribution in [0.5, 0.6) is 0 Å². The SMILES string of the molecule is CC(C)(C)CCCCOCCOCCC(C(C)(C)C)C(C)(C)C. The predicted molar refractivity (Wildman–Crippen MR) is 102 cm³/mol.